The van der Waals surface area contributed by atoms with Crippen LogP contribution in [0.5, 0.6) is 0 Å². The van der Waals surface area contributed by atoms with Crippen molar-refractivity contribution in [1.29, 1.82) is 0 Å². The van der Waals surface area contributed by atoms with E-state index in [9.17, 15) is 0 Å². The maximum atomic E-state index is 8.36. The molecule has 0 radical (unpaired) electrons. The molecule has 4 nitrogen and oxygen atoms in total. The van der Waals surface area contributed by atoms with E-state index < -0.39 is 0 Å². The molecule has 1 aromatic rings. The van der Waals surface area contributed by atoms with Crippen molar-refractivity contribution in [3.05, 3.63) is 34.3 Å². The number of nitrogens with two attached hydrogens (primary N) is 1. The van der Waals surface area contributed by atoms with E-state index in [1.165, 1.54) is 5.56 Å². The normalized spacial score (nSPS) is 11.7. The molecule has 0 aliphatic rings. The highest BCUT2D eigenvalue weighted by Crippen LogP contribution is 2.11. The third kappa shape index (κ3) is 6.28. The molecule has 5 heteroatoms. The van der Waals surface area contributed by atoms with Gasteiger partial charge < -0.3 is 16.3 Å². The lowest BCUT2D eigenvalue weighted by Crippen LogP contribution is -2.16. The standard InChI is InChI=1S/C12H18BrN3O/c13-11-5-3-4-10(8-11)9-15-7-2-1-6-12(14)16-17/h3-5,8,15,17H,1-2,6-7,9H2,(H2,14,16). The van der Waals surface area contributed by atoms with Gasteiger partial charge in [0.2, 0.25) is 0 Å². The van der Waals surface area contributed by atoms with Gasteiger partial charge in [-0.05, 0) is 37.1 Å². The van der Waals surface area contributed by atoms with Gasteiger partial charge in [0, 0.05) is 17.4 Å². The molecule has 0 spiro atoms. The highest BCUT2D eigenvalue weighted by atomic mass is 79.9. The average molecular weight is 300 g/mol. The summed E-state index contributed by atoms with van der Waals surface area (Å²) in [5.41, 5.74) is 6.63. The molecule has 0 heterocycles. The molecule has 0 aliphatic carbocycles. The summed E-state index contributed by atoms with van der Waals surface area (Å²) in [5, 5.41) is 14.6. The molecule has 0 fully saturated rings. The second-order valence-corrected chi connectivity index (χ2v) is 4.77. The Hall–Kier alpha value is -1.07. The van der Waals surface area contributed by atoms with E-state index in [1.54, 1.807) is 0 Å². The minimum Gasteiger partial charge on any atom is -0.409 e. The molecule has 4 N–H and O–H groups in total. The molecule has 0 unspecified atom stereocenters. The first-order valence-electron chi connectivity index (χ1n) is 5.64. The van der Waals surface area contributed by atoms with E-state index >= 15 is 0 Å². The maximum Gasteiger partial charge on any atom is 0.139 e. The quantitative estimate of drug-likeness (QED) is 0.238. The average Bonchev–Trinajstić information content (AvgIpc) is 2.33. The molecule has 0 atom stereocenters. The van der Waals surface area contributed by atoms with Crippen molar-refractivity contribution in [1.82, 2.24) is 5.32 Å². The number of benzene rings is 1. The number of rotatable bonds is 7. The zero-order chi connectivity index (χ0) is 12.5. The molecular weight excluding hydrogens is 282 g/mol. The van der Waals surface area contributed by atoms with Gasteiger partial charge in [-0.2, -0.15) is 0 Å². The van der Waals surface area contributed by atoms with E-state index in [2.05, 4.69) is 38.5 Å². The van der Waals surface area contributed by atoms with Crippen LogP contribution in [-0.2, 0) is 6.54 Å². The Bertz CT molecular complexity index is 369. The van der Waals surface area contributed by atoms with E-state index in [1.807, 2.05) is 12.1 Å². The number of nitrogens with one attached hydrogen (secondary N) is 1. The van der Waals surface area contributed by atoms with Crippen LogP contribution < -0.4 is 11.1 Å². The number of unbranched alkanes of at least 4 members (excludes halogenated alkanes) is 1. The molecular formula is C12H18BrN3O. The first-order valence-corrected chi connectivity index (χ1v) is 6.43. The van der Waals surface area contributed by atoms with E-state index in [0.717, 1.165) is 30.4 Å². The number of hydrogen-bond donors (Lipinski definition) is 3. The van der Waals surface area contributed by atoms with Gasteiger partial charge >= 0.3 is 0 Å². The maximum absolute atomic E-state index is 8.36. The fourth-order valence-electron chi connectivity index (χ4n) is 1.49. The number of nitrogens with zero attached hydrogens (tertiary/aromatic N) is 1. The first kappa shape index (κ1) is 14.0. The number of oxime groups is 1. The number of halogens is 1. The van der Waals surface area contributed by atoms with Gasteiger partial charge in [0.15, 0.2) is 0 Å². The Morgan fingerprint density at radius 1 is 1.41 bits per heavy atom. The van der Waals surface area contributed by atoms with E-state index in [0.29, 0.717) is 12.3 Å². The van der Waals surface area contributed by atoms with Crippen LogP contribution in [0.1, 0.15) is 24.8 Å². The van der Waals surface area contributed by atoms with E-state index in [-0.39, 0.29) is 0 Å². The van der Waals surface area contributed by atoms with Crippen LogP contribution in [0.15, 0.2) is 33.9 Å². The van der Waals surface area contributed by atoms with Crippen molar-refractivity contribution in [3.63, 3.8) is 0 Å². The fraction of sp³-hybridized carbons (Fsp3) is 0.417. The Balaban J connectivity index is 2.08. The third-order valence-corrected chi connectivity index (χ3v) is 2.88. The van der Waals surface area contributed by atoms with Crippen LogP contribution in [0.4, 0.5) is 0 Å². The summed E-state index contributed by atoms with van der Waals surface area (Å²) >= 11 is 3.44. The van der Waals surface area contributed by atoms with Crippen molar-refractivity contribution in [2.45, 2.75) is 25.8 Å². The molecule has 0 saturated heterocycles. The van der Waals surface area contributed by atoms with Crippen LogP contribution in [0.25, 0.3) is 0 Å². The summed E-state index contributed by atoms with van der Waals surface area (Å²) < 4.78 is 1.10. The predicted molar refractivity (Wildman–Crippen MR) is 73.1 cm³/mol. The van der Waals surface area contributed by atoms with Gasteiger partial charge in [-0.1, -0.05) is 33.2 Å². The Morgan fingerprint density at radius 3 is 2.94 bits per heavy atom. The zero-order valence-electron chi connectivity index (χ0n) is 9.69. The SMILES string of the molecule is NC(CCCCNCc1cccc(Br)c1)=NO. The number of amidine groups is 1. The Kier molecular flexibility index (Phi) is 6.65. The molecule has 0 amide bonds. The molecule has 94 valence electrons. The van der Waals surface area contributed by atoms with Gasteiger partial charge in [-0.25, -0.2) is 0 Å². The van der Waals surface area contributed by atoms with Crippen LogP contribution in [0.2, 0.25) is 0 Å². The largest absolute Gasteiger partial charge is 0.409 e. The van der Waals surface area contributed by atoms with Crippen LogP contribution in [0.3, 0.4) is 0 Å². The minimum absolute atomic E-state index is 0.303. The first-order chi connectivity index (χ1) is 8.22. The zero-order valence-corrected chi connectivity index (χ0v) is 11.3. The van der Waals surface area contributed by atoms with Crippen LogP contribution in [-0.4, -0.2) is 17.6 Å². The second kappa shape index (κ2) is 8.08. The summed E-state index contributed by atoms with van der Waals surface area (Å²) in [6, 6.07) is 8.23. The van der Waals surface area contributed by atoms with Crippen molar-refractivity contribution in [3.8, 4) is 0 Å². The molecule has 0 saturated carbocycles. The lowest BCUT2D eigenvalue weighted by Gasteiger charge is -2.05. The molecule has 0 bridgehead atoms. The smallest absolute Gasteiger partial charge is 0.139 e. The van der Waals surface area contributed by atoms with Crippen molar-refractivity contribution in [2.24, 2.45) is 10.9 Å². The van der Waals surface area contributed by atoms with Gasteiger partial charge in [-0.15, -0.1) is 0 Å². The lowest BCUT2D eigenvalue weighted by atomic mass is 10.2. The summed E-state index contributed by atoms with van der Waals surface area (Å²) in [6.45, 7) is 1.80. The van der Waals surface area contributed by atoms with Crippen LogP contribution >= 0.6 is 15.9 Å². The highest BCUT2D eigenvalue weighted by Gasteiger charge is 1.95. The van der Waals surface area contributed by atoms with Gasteiger partial charge in [0.05, 0.1) is 0 Å². The number of hydrogen-bond acceptors (Lipinski definition) is 3. The second-order valence-electron chi connectivity index (χ2n) is 3.86. The molecule has 0 aromatic heterocycles. The monoisotopic (exact) mass is 299 g/mol. The molecule has 1 rings (SSSR count). The topological polar surface area (TPSA) is 70.6 Å². The molecule has 17 heavy (non-hydrogen) atoms. The predicted octanol–water partition coefficient (Wildman–Crippen LogP) is 2.46. The summed E-state index contributed by atoms with van der Waals surface area (Å²) in [7, 11) is 0. The highest BCUT2D eigenvalue weighted by molar-refractivity contribution is 9.10. The third-order valence-electron chi connectivity index (χ3n) is 2.38. The Labute approximate surface area is 110 Å². The van der Waals surface area contributed by atoms with Gasteiger partial charge in [-0.3, -0.25) is 0 Å². The van der Waals surface area contributed by atoms with Crippen molar-refractivity contribution >= 4 is 21.8 Å². The van der Waals surface area contributed by atoms with Gasteiger partial charge in [0.1, 0.15) is 5.84 Å². The van der Waals surface area contributed by atoms with Crippen LogP contribution in [0, 0.1) is 0 Å². The summed E-state index contributed by atoms with van der Waals surface area (Å²) in [5.74, 6) is 0.303. The van der Waals surface area contributed by atoms with Gasteiger partial charge in [0.25, 0.3) is 0 Å². The molecule has 0 aliphatic heterocycles. The fourth-order valence-corrected chi connectivity index (χ4v) is 1.93. The Morgan fingerprint density at radius 2 is 2.24 bits per heavy atom. The van der Waals surface area contributed by atoms with Crippen molar-refractivity contribution in [2.75, 3.05) is 6.54 Å². The van der Waals surface area contributed by atoms with Crippen molar-refractivity contribution < 1.29 is 5.21 Å². The summed E-state index contributed by atoms with van der Waals surface area (Å²) in [4.78, 5) is 0. The summed E-state index contributed by atoms with van der Waals surface area (Å²) in [6.07, 6.45) is 2.60. The minimum atomic E-state index is 0.303. The molecule has 1 aromatic carbocycles. The van der Waals surface area contributed by atoms with E-state index in [4.69, 9.17) is 10.9 Å². The lowest BCUT2D eigenvalue weighted by molar-refractivity contribution is 0.316.